The molecule has 0 heterocycles. The van der Waals surface area contributed by atoms with E-state index < -0.39 is 5.97 Å². The second kappa shape index (κ2) is 7.53. The summed E-state index contributed by atoms with van der Waals surface area (Å²) in [5, 5.41) is 11.7. The summed E-state index contributed by atoms with van der Waals surface area (Å²) in [7, 11) is 0. The molecule has 0 aliphatic rings. The van der Waals surface area contributed by atoms with Gasteiger partial charge in [0.15, 0.2) is 0 Å². The summed E-state index contributed by atoms with van der Waals surface area (Å²) in [6.45, 7) is 4.71. The zero-order valence-corrected chi connectivity index (χ0v) is 11.2. The SMILES string of the molecule is CC(C)OCCNC(=O)Cc1ccccc1C(=O)O. The number of rotatable bonds is 7. The highest BCUT2D eigenvalue weighted by Crippen LogP contribution is 2.09. The lowest BCUT2D eigenvalue weighted by atomic mass is 10.0. The van der Waals surface area contributed by atoms with Gasteiger partial charge in [-0.05, 0) is 25.5 Å². The van der Waals surface area contributed by atoms with Gasteiger partial charge in [0, 0.05) is 6.54 Å². The number of benzene rings is 1. The van der Waals surface area contributed by atoms with E-state index in [9.17, 15) is 9.59 Å². The number of aromatic carboxylic acids is 1. The predicted molar refractivity (Wildman–Crippen MR) is 71.2 cm³/mol. The van der Waals surface area contributed by atoms with Crippen LogP contribution in [0.25, 0.3) is 0 Å². The second-order valence-electron chi connectivity index (χ2n) is 4.41. The fourth-order valence-electron chi connectivity index (χ4n) is 1.60. The van der Waals surface area contributed by atoms with Crippen LogP contribution < -0.4 is 5.32 Å². The third kappa shape index (κ3) is 5.52. The summed E-state index contributed by atoms with van der Waals surface area (Å²) in [6, 6.07) is 6.50. The number of ether oxygens (including phenoxy) is 1. The maximum Gasteiger partial charge on any atom is 0.335 e. The molecule has 1 rings (SSSR count). The molecule has 0 aromatic heterocycles. The molecule has 5 nitrogen and oxygen atoms in total. The summed E-state index contributed by atoms with van der Waals surface area (Å²) < 4.78 is 5.30. The van der Waals surface area contributed by atoms with Crippen molar-refractivity contribution in [3.63, 3.8) is 0 Å². The molecule has 0 radical (unpaired) electrons. The molecule has 0 fully saturated rings. The van der Waals surface area contributed by atoms with Gasteiger partial charge in [0.05, 0.1) is 24.7 Å². The first kappa shape index (κ1) is 15.2. The standard InChI is InChI=1S/C14H19NO4/c1-10(2)19-8-7-15-13(16)9-11-5-3-4-6-12(11)14(17)18/h3-6,10H,7-9H2,1-2H3,(H,15,16)(H,17,18). The molecule has 1 amide bonds. The lowest BCUT2D eigenvalue weighted by Crippen LogP contribution is -2.29. The van der Waals surface area contributed by atoms with Crippen molar-refractivity contribution in [3.8, 4) is 0 Å². The highest BCUT2D eigenvalue weighted by atomic mass is 16.5. The third-order valence-electron chi connectivity index (χ3n) is 2.47. The smallest absolute Gasteiger partial charge is 0.335 e. The Hall–Kier alpha value is -1.88. The van der Waals surface area contributed by atoms with E-state index in [1.807, 2.05) is 13.8 Å². The molecule has 1 aromatic carbocycles. The van der Waals surface area contributed by atoms with Crippen LogP contribution in [0, 0.1) is 0 Å². The minimum absolute atomic E-state index is 0.0597. The van der Waals surface area contributed by atoms with Gasteiger partial charge in [-0.15, -0.1) is 0 Å². The van der Waals surface area contributed by atoms with Gasteiger partial charge in [0.2, 0.25) is 5.91 Å². The van der Waals surface area contributed by atoms with Crippen molar-refractivity contribution in [3.05, 3.63) is 35.4 Å². The Morgan fingerprint density at radius 1 is 1.32 bits per heavy atom. The Bertz CT molecular complexity index is 443. The van der Waals surface area contributed by atoms with Gasteiger partial charge in [-0.2, -0.15) is 0 Å². The Balaban J connectivity index is 2.46. The van der Waals surface area contributed by atoms with E-state index in [-0.39, 0.29) is 24.0 Å². The maximum atomic E-state index is 11.7. The zero-order valence-electron chi connectivity index (χ0n) is 11.2. The van der Waals surface area contributed by atoms with Crippen molar-refractivity contribution < 1.29 is 19.4 Å². The van der Waals surface area contributed by atoms with E-state index in [4.69, 9.17) is 9.84 Å². The van der Waals surface area contributed by atoms with E-state index in [0.29, 0.717) is 18.7 Å². The molecule has 0 spiro atoms. The Morgan fingerprint density at radius 3 is 2.63 bits per heavy atom. The van der Waals surface area contributed by atoms with Gasteiger partial charge < -0.3 is 15.2 Å². The number of nitrogens with one attached hydrogen (secondary N) is 1. The summed E-state index contributed by atoms with van der Waals surface area (Å²) in [5.74, 6) is -1.23. The van der Waals surface area contributed by atoms with Crippen LogP contribution in [0.15, 0.2) is 24.3 Å². The van der Waals surface area contributed by atoms with Crippen molar-refractivity contribution in [1.29, 1.82) is 0 Å². The number of carbonyl (C=O) groups is 2. The minimum Gasteiger partial charge on any atom is -0.478 e. The quantitative estimate of drug-likeness (QED) is 0.732. The molecular weight excluding hydrogens is 246 g/mol. The number of hydrogen-bond donors (Lipinski definition) is 2. The van der Waals surface area contributed by atoms with E-state index >= 15 is 0 Å². The first-order chi connectivity index (χ1) is 9.00. The highest BCUT2D eigenvalue weighted by molar-refractivity contribution is 5.91. The largest absolute Gasteiger partial charge is 0.478 e. The molecule has 0 atom stereocenters. The second-order valence-corrected chi connectivity index (χ2v) is 4.41. The molecule has 104 valence electrons. The summed E-state index contributed by atoms with van der Waals surface area (Å²) >= 11 is 0. The van der Waals surface area contributed by atoms with E-state index in [1.165, 1.54) is 6.07 Å². The number of amides is 1. The van der Waals surface area contributed by atoms with E-state index in [0.717, 1.165) is 0 Å². The molecule has 1 aromatic rings. The predicted octanol–water partition coefficient (Wildman–Crippen LogP) is 1.47. The zero-order chi connectivity index (χ0) is 14.3. The Kier molecular flexibility index (Phi) is 6.02. The fourth-order valence-corrected chi connectivity index (χ4v) is 1.60. The molecule has 19 heavy (non-hydrogen) atoms. The van der Waals surface area contributed by atoms with E-state index in [2.05, 4.69) is 5.32 Å². The lowest BCUT2D eigenvalue weighted by molar-refractivity contribution is -0.120. The lowest BCUT2D eigenvalue weighted by Gasteiger charge is -2.09. The molecule has 2 N–H and O–H groups in total. The molecule has 5 heteroatoms. The van der Waals surface area contributed by atoms with Crippen LogP contribution in [0.2, 0.25) is 0 Å². The van der Waals surface area contributed by atoms with Gasteiger partial charge >= 0.3 is 5.97 Å². The first-order valence-electron chi connectivity index (χ1n) is 6.20. The molecule has 0 saturated carbocycles. The van der Waals surface area contributed by atoms with Gasteiger partial charge in [-0.25, -0.2) is 4.79 Å². The van der Waals surface area contributed by atoms with Crippen LogP contribution >= 0.6 is 0 Å². The normalized spacial score (nSPS) is 10.5. The van der Waals surface area contributed by atoms with Crippen molar-refractivity contribution >= 4 is 11.9 Å². The molecule has 0 saturated heterocycles. The van der Waals surface area contributed by atoms with Crippen LogP contribution in [0.1, 0.15) is 29.8 Å². The molecule has 0 aliphatic heterocycles. The number of carbonyl (C=O) groups excluding carboxylic acids is 1. The van der Waals surface area contributed by atoms with Crippen LogP contribution in [0.3, 0.4) is 0 Å². The number of carboxylic acid groups (broad SMARTS) is 1. The first-order valence-corrected chi connectivity index (χ1v) is 6.20. The molecule has 0 unspecified atom stereocenters. The van der Waals surface area contributed by atoms with Crippen LogP contribution in [0.4, 0.5) is 0 Å². The summed E-state index contributed by atoms with van der Waals surface area (Å²) in [4.78, 5) is 22.7. The van der Waals surface area contributed by atoms with Gasteiger partial charge in [0.1, 0.15) is 0 Å². The van der Waals surface area contributed by atoms with Crippen molar-refractivity contribution in [2.75, 3.05) is 13.2 Å². The van der Waals surface area contributed by atoms with Crippen LogP contribution in [-0.4, -0.2) is 36.2 Å². The third-order valence-corrected chi connectivity index (χ3v) is 2.47. The van der Waals surface area contributed by atoms with Crippen LogP contribution in [0.5, 0.6) is 0 Å². The van der Waals surface area contributed by atoms with Gasteiger partial charge in [-0.3, -0.25) is 4.79 Å². The van der Waals surface area contributed by atoms with Gasteiger partial charge in [-0.1, -0.05) is 18.2 Å². The average Bonchev–Trinajstić information content (AvgIpc) is 2.35. The van der Waals surface area contributed by atoms with Crippen molar-refractivity contribution in [2.24, 2.45) is 0 Å². The van der Waals surface area contributed by atoms with Crippen molar-refractivity contribution in [2.45, 2.75) is 26.4 Å². The number of carboxylic acids is 1. The van der Waals surface area contributed by atoms with Crippen LogP contribution in [-0.2, 0) is 16.0 Å². The Labute approximate surface area is 112 Å². The minimum atomic E-state index is -1.02. The topological polar surface area (TPSA) is 75.6 Å². The van der Waals surface area contributed by atoms with Gasteiger partial charge in [0.25, 0.3) is 0 Å². The summed E-state index contributed by atoms with van der Waals surface area (Å²) in [6.07, 6.45) is 0.189. The van der Waals surface area contributed by atoms with E-state index in [1.54, 1.807) is 18.2 Å². The highest BCUT2D eigenvalue weighted by Gasteiger charge is 2.11. The number of hydrogen-bond acceptors (Lipinski definition) is 3. The average molecular weight is 265 g/mol. The fraction of sp³-hybridized carbons (Fsp3) is 0.429. The Morgan fingerprint density at radius 2 is 2.00 bits per heavy atom. The summed E-state index contributed by atoms with van der Waals surface area (Å²) in [5.41, 5.74) is 0.674. The monoisotopic (exact) mass is 265 g/mol. The maximum absolute atomic E-state index is 11.7. The molecular formula is C14H19NO4. The van der Waals surface area contributed by atoms with Crippen molar-refractivity contribution in [1.82, 2.24) is 5.32 Å². The molecule has 0 aliphatic carbocycles. The molecule has 0 bridgehead atoms.